The summed E-state index contributed by atoms with van der Waals surface area (Å²) >= 11 is 0. The molecule has 0 aliphatic heterocycles. The summed E-state index contributed by atoms with van der Waals surface area (Å²) in [6.07, 6.45) is 1.65. The van der Waals surface area contributed by atoms with E-state index in [2.05, 4.69) is 63.8 Å². The van der Waals surface area contributed by atoms with Crippen molar-refractivity contribution in [2.24, 2.45) is 0 Å². The number of aliphatic hydroxyl groups excluding tert-OH is 1. The average Bonchev–Trinajstić information content (AvgIpc) is 2.87. The van der Waals surface area contributed by atoms with Gasteiger partial charge in [-0.2, -0.15) is 0 Å². The molecule has 0 aliphatic rings. The van der Waals surface area contributed by atoms with Crippen molar-refractivity contribution < 1.29 is 19.7 Å². The first kappa shape index (κ1) is 27.3. The SMILES string of the molecule is CCCN(CC)c1ccc(-c2cc(-c3ccc(C(=O)O)cc3)ccc2OCCCO)cc1C(C)(C)C. The Morgan fingerprint density at radius 3 is 2.17 bits per heavy atom. The quantitative estimate of drug-likeness (QED) is 0.283. The summed E-state index contributed by atoms with van der Waals surface area (Å²) in [5, 5.41) is 18.5. The number of ether oxygens (including phenoxy) is 1. The van der Waals surface area contributed by atoms with Gasteiger partial charge in [0.1, 0.15) is 5.75 Å². The highest BCUT2D eigenvalue weighted by Gasteiger charge is 2.22. The highest BCUT2D eigenvalue weighted by Crippen LogP contribution is 2.40. The normalized spacial score (nSPS) is 11.4. The van der Waals surface area contributed by atoms with Crippen LogP contribution in [0.4, 0.5) is 5.69 Å². The molecule has 3 aromatic rings. The van der Waals surface area contributed by atoms with Gasteiger partial charge in [-0.25, -0.2) is 4.79 Å². The standard InChI is InChI=1S/C31H39NO4/c1-6-17-32(7-2)28-15-13-25(21-27(28)31(3,4)5)26-20-24(14-16-29(26)36-19-8-18-33)22-9-11-23(12-10-22)30(34)35/h9-16,20-21,33H,6-8,17-19H2,1-5H3,(H,34,35). The van der Waals surface area contributed by atoms with Gasteiger partial charge in [0.25, 0.3) is 0 Å². The summed E-state index contributed by atoms with van der Waals surface area (Å²) in [5.41, 5.74) is 6.74. The molecular weight excluding hydrogens is 450 g/mol. The fourth-order valence-electron chi connectivity index (χ4n) is 4.41. The predicted octanol–water partition coefficient (Wildman–Crippen LogP) is 7.01. The van der Waals surface area contributed by atoms with Crippen LogP contribution < -0.4 is 9.64 Å². The molecule has 0 atom stereocenters. The second-order valence-corrected chi connectivity index (χ2v) is 10.1. The monoisotopic (exact) mass is 489 g/mol. The van der Waals surface area contributed by atoms with Crippen LogP contribution in [0.5, 0.6) is 5.75 Å². The van der Waals surface area contributed by atoms with Crippen LogP contribution >= 0.6 is 0 Å². The molecule has 0 amide bonds. The lowest BCUT2D eigenvalue weighted by Crippen LogP contribution is -2.27. The molecule has 0 heterocycles. The second kappa shape index (κ2) is 12.1. The molecule has 0 fully saturated rings. The molecule has 0 aromatic heterocycles. The van der Waals surface area contributed by atoms with Crippen LogP contribution in [-0.2, 0) is 5.41 Å². The Bertz CT molecular complexity index is 1160. The lowest BCUT2D eigenvalue weighted by atomic mass is 9.83. The van der Waals surface area contributed by atoms with E-state index in [1.54, 1.807) is 12.1 Å². The number of nitrogens with zero attached hydrogens (tertiary/aromatic N) is 1. The average molecular weight is 490 g/mol. The number of carboxylic acid groups (broad SMARTS) is 1. The molecule has 0 bridgehead atoms. The Kier molecular flexibility index (Phi) is 9.16. The summed E-state index contributed by atoms with van der Waals surface area (Å²) < 4.78 is 6.09. The van der Waals surface area contributed by atoms with E-state index in [1.807, 2.05) is 24.3 Å². The molecule has 2 N–H and O–H groups in total. The molecule has 0 radical (unpaired) electrons. The van der Waals surface area contributed by atoms with Crippen molar-refractivity contribution >= 4 is 11.7 Å². The first-order valence-electron chi connectivity index (χ1n) is 12.8. The Morgan fingerprint density at radius 2 is 1.58 bits per heavy atom. The third-order valence-electron chi connectivity index (χ3n) is 6.34. The van der Waals surface area contributed by atoms with Crippen molar-refractivity contribution in [1.29, 1.82) is 0 Å². The highest BCUT2D eigenvalue weighted by atomic mass is 16.5. The number of carbonyl (C=O) groups is 1. The molecule has 192 valence electrons. The first-order valence-corrected chi connectivity index (χ1v) is 12.8. The number of carboxylic acids is 1. The van der Waals surface area contributed by atoms with Gasteiger partial charge in [-0.05, 0) is 77.4 Å². The first-order chi connectivity index (χ1) is 17.2. The van der Waals surface area contributed by atoms with Crippen molar-refractivity contribution in [3.63, 3.8) is 0 Å². The number of hydrogen-bond acceptors (Lipinski definition) is 4. The Hall–Kier alpha value is -3.31. The number of hydrogen-bond donors (Lipinski definition) is 2. The summed E-state index contributed by atoms with van der Waals surface area (Å²) in [7, 11) is 0. The molecule has 0 spiro atoms. The van der Waals surface area contributed by atoms with E-state index in [9.17, 15) is 15.0 Å². The maximum absolute atomic E-state index is 11.3. The minimum Gasteiger partial charge on any atom is -0.493 e. The minimum atomic E-state index is -0.936. The van der Waals surface area contributed by atoms with E-state index >= 15 is 0 Å². The van der Waals surface area contributed by atoms with Gasteiger partial charge in [0.2, 0.25) is 0 Å². The topological polar surface area (TPSA) is 70.0 Å². The number of benzene rings is 3. The van der Waals surface area contributed by atoms with Gasteiger partial charge in [-0.3, -0.25) is 0 Å². The van der Waals surface area contributed by atoms with E-state index in [0.29, 0.717) is 13.0 Å². The van der Waals surface area contributed by atoms with Crippen LogP contribution in [0, 0.1) is 0 Å². The van der Waals surface area contributed by atoms with Gasteiger partial charge >= 0.3 is 5.97 Å². The van der Waals surface area contributed by atoms with Crippen LogP contribution in [0.3, 0.4) is 0 Å². The summed E-state index contributed by atoms with van der Waals surface area (Å²) in [4.78, 5) is 13.7. The largest absolute Gasteiger partial charge is 0.493 e. The lowest BCUT2D eigenvalue weighted by molar-refractivity contribution is 0.0697. The van der Waals surface area contributed by atoms with E-state index < -0.39 is 5.97 Å². The molecular formula is C31H39NO4. The highest BCUT2D eigenvalue weighted by molar-refractivity contribution is 5.88. The molecule has 3 rings (SSSR count). The van der Waals surface area contributed by atoms with Crippen molar-refractivity contribution in [3.05, 3.63) is 71.8 Å². The molecule has 3 aromatic carbocycles. The predicted molar refractivity (Wildman–Crippen MR) is 148 cm³/mol. The third kappa shape index (κ3) is 6.46. The van der Waals surface area contributed by atoms with Crippen LogP contribution in [0.1, 0.15) is 63.4 Å². The Labute approximate surface area is 215 Å². The number of anilines is 1. The van der Waals surface area contributed by atoms with E-state index in [-0.39, 0.29) is 17.6 Å². The maximum atomic E-state index is 11.3. The summed E-state index contributed by atoms with van der Waals surface area (Å²) in [6.45, 7) is 13.6. The van der Waals surface area contributed by atoms with Gasteiger partial charge in [0.05, 0.1) is 12.2 Å². The van der Waals surface area contributed by atoms with Crippen LogP contribution in [-0.4, -0.2) is 42.5 Å². The summed E-state index contributed by atoms with van der Waals surface area (Å²) in [6, 6.07) is 19.7. The molecule has 5 nitrogen and oxygen atoms in total. The van der Waals surface area contributed by atoms with Crippen LogP contribution in [0.2, 0.25) is 0 Å². The van der Waals surface area contributed by atoms with Crippen LogP contribution in [0.25, 0.3) is 22.3 Å². The lowest BCUT2D eigenvalue weighted by Gasteiger charge is -2.31. The summed E-state index contributed by atoms with van der Waals surface area (Å²) in [5.74, 6) is -0.170. The second-order valence-electron chi connectivity index (χ2n) is 10.1. The number of aromatic carboxylic acids is 1. The van der Waals surface area contributed by atoms with Crippen molar-refractivity contribution in [1.82, 2.24) is 0 Å². The van der Waals surface area contributed by atoms with Crippen molar-refractivity contribution in [2.45, 2.75) is 52.9 Å². The van der Waals surface area contributed by atoms with Gasteiger partial charge in [-0.1, -0.05) is 52.0 Å². The molecule has 0 saturated carbocycles. The maximum Gasteiger partial charge on any atom is 0.335 e. The minimum absolute atomic E-state index is 0.0469. The Morgan fingerprint density at radius 1 is 0.917 bits per heavy atom. The number of aliphatic hydroxyl groups is 1. The molecule has 5 heteroatoms. The van der Waals surface area contributed by atoms with Crippen LogP contribution in [0.15, 0.2) is 60.7 Å². The zero-order chi connectivity index (χ0) is 26.3. The fourth-order valence-corrected chi connectivity index (χ4v) is 4.41. The zero-order valence-electron chi connectivity index (χ0n) is 22.2. The van der Waals surface area contributed by atoms with Gasteiger partial charge < -0.3 is 19.8 Å². The molecule has 0 unspecified atom stereocenters. The Balaban J connectivity index is 2.14. The number of rotatable bonds is 11. The van der Waals surface area contributed by atoms with E-state index in [1.165, 1.54) is 11.3 Å². The smallest absolute Gasteiger partial charge is 0.335 e. The van der Waals surface area contributed by atoms with Gasteiger partial charge in [0, 0.05) is 37.4 Å². The van der Waals surface area contributed by atoms with Crippen molar-refractivity contribution in [3.8, 4) is 28.0 Å². The van der Waals surface area contributed by atoms with E-state index in [4.69, 9.17) is 4.74 Å². The van der Waals surface area contributed by atoms with Crippen molar-refractivity contribution in [2.75, 3.05) is 31.2 Å². The molecule has 36 heavy (non-hydrogen) atoms. The zero-order valence-corrected chi connectivity index (χ0v) is 22.2. The fraction of sp³-hybridized carbons (Fsp3) is 0.387. The molecule has 0 aliphatic carbocycles. The molecule has 0 saturated heterocycles. The third-order valence-corrected chi connectivity index (χ3v) is 6.34. The van der Waals surface area contributed by atoms with E-state index in [0.717, 1.165) is 47.5 Å². The van der Waals surface area contributed by atoms with Gasteiger partial charge in [0.15, 0.2) is 0 Å². The van der Waals surface area contributed by atoms with Gasteiger partial charge in [-0.15, -0.1) is 0 Å².